The van der Waals surface area contributed by atoms with Gasteiger partial charge in [-0.1, -0.05) is 29.3 Å². The lowest BCUT2D eigenvalue weighted by atomic mass is 10.1. The van der Waals surface area contributed by atoms with Crippen LogP contribution in [0.3, 0.4) is 0 Å². The summed E-state index contributed by atoms with van der Waals surface area (Å²) in [5, 5.41) is 0.549. The minimum Gasteiger partial charge on any atom is -0.335 e. The summed E-state index contributed by atoms with van der Waals surface area (Å²) in [6.45, 7) is 1.41. The summed E-state index contributed by atoms with van der Waals surface area (Å²) in [5.74, 6) is -0.563. The molecule has 3 rings (SSSR count). The molecule has 1 saturated heterocycles. The second-order valence-corrected chi connectivity index (χ2v) is 6.38. The van der Waals surface area contributed by atoms with Crippen molar-refractivity contribution >= 4 is 35.0 Å². The standard InChI is InChI=1S/C17H15Cl2N3O3/c18-13-5-1-3-11(14(13)19)16(24)21-7-9-22(10-8-21)17(25)12-4-2-6-20-15(12)23/h1-6H,7-10H2,(H,20,23). The lowest BCUT2D eigenvalue weighted by Gasteiger charge is -2.34. The second-order valence-electron chi connectivity index (χ2n) is 5.60. The normalized spacial score (nSPS) is 14.5. The van der Waals surface area contributed by atoms with Crippen molar-refractivity contribution in [2.24, 2.45) is 0 Å². The maximum absolute atomic E-state index is 12.6. The fourth-order valence-corrected chi connectivity index (χ4v) is 3.09. The van der Waals surface area contributed by atoms with Gasteiger partial charge in [-0.3, -0.25) is 14.4 Å². The van der Waals surface area contributed by atoms with Gasteiger partial charge in [0.25, 0.3) is 17.4 Å². The van der Waals surface area contributed by atoms with Gasteiger partial charge in [0.2, 0.25) is 0 Å². The summed E-state index contributed by atoms with van der Waals surface area (Å²) in [6.07, 6.45) is 1.48. The van der Waals surface area contributed by atoms with E-state index in [1.54, 1.807) is 34.1 Å². The predicted molar refractivity (Wildman–Crippen MR) is 95.3 cm³/mol. The van der Waals surface area contributed by atoms with Crippen molar-refractivity contribution in [1.29, 1.82) is 0 Å². The SMILES string of the molecule is O=C(c1cccc(Cl)c1Cl)N1CCN(C(=O)c2ccc[nH]c2=O)CC1. The Morgan fingerprint density at radius 1 is 0.880 bits per heavy atom. The van der Waals surface area contributed by atoms with E-state index in [4.69, 9.17) is 23.2 Å². The fraction of sp³-hybridized carbons (Fsp3) is 0.235. The summed E-state index contributed by atoms with van der Waals surface area (Å²) in [4.78, 5) is 42.4. The van der Waals surface area contributed by atoms with Crippen LogP contribution in [0.4, 0.5) is 0 Å². The van der Waals surface area contributed by atoms with E-state index in [0.29, 0.717) is 36.8 Å². The summed E-state index contributed by atoms with van der Waals surface area (Å²) in [6, 6.07) is 8.01. The number of hydrogen-bond donors (Lipinski definition) is 1. The Hall–Kier alpha value is -2.31. The molecule has 0 spiro atoms. The van der Waals surface area contributed by atoms with Crippen molar-refractivity contribution in [2.75, 3.05) is 26.2 Å². The second kappa shape index (κ2) is 7.29. The molecule has 1 N–H and O–H groups in total. The van der Waals surface area contributed by atoms with Gasteiger partial charge in [0.05, 0.1) is 15.6 Å². The Morgan fingerprint density at radius 2 is 1.44 bits per heavy atom. The summed E-state index contributed by atoms with van der Waals surface area (Å²) < 4.78 is 0. The number of aromatic nitrogens is 1. The first-order chi connectivity index (χ1) is 12.0. The fourth-order valence-electron chi connectivity index (χ4n) is 2.71. The maximum Gasteiger partial charge on any atom is 0.260 e. The highest BCUT2D eigenvalue weighted by Gasteiger charge is 2.27. The van der Waals surface area contributed by atoms with E-state index in [-0.39, 0.29) is 22.4 Å². The van der Waals surface area contributed by atoms with E-state index in [2.05, 4.69) is 4.98 Å². The van der Waals surface area contributed by atoms with Crippen LogP contribution in [0.5, 0.6) is 0 Å². The quantitative estimate of drug-likeness (QED) is 0.869. The number of nitrogens with one attached hydrogen (secondary N) is 1. The Labute approximate surface area is 154 Å². The minimum absolute atomic E-state index is 0.0974. The molecular formula is C17H15Cl2N3O3. The molecule has 6 nitrogen and oxygen atoms in total. The number of pyridine rings is 1. The number of rotatable bonds is 2. The Kier molecular flexibility index (Phi) is 5.11. The number of hydrogen-bond acceptors (Lipinski definition) is 3. The third kappa shape index (κ3) is 3.55. The van der Waals surface area contributed by atoms with Crippen molar-refractivity contribution in [3.63, 3.8) is 0 Å². The molecule has 25 heavy (non-hydrogen) atoms. The van der Waals surface area contributed by atoms with Gasteiger partial charge in [-0.15, -0.1) is 0 Å². The molecule has 1 aromatic carbocycles. The Morgan fingerprint density at radius 3 is 2.04 bits per heavy atom. The molecular weight excluding hydrogens is 365 g/mol. The lowest BCUT2D eigenvalue weighted by Crippen LogP contribution is -2.51. The van der Waals surface area contributed by atoms with Crippen LogP contribution in [0.2, 0.25) is 10.0 Å². The average molecular weight is 380 g/mol. The zero-order valence-electron chi connectivity index (χ0n) is 13.2. The zero-order valence-corrected chi connectivity index (χ0v) is 14.7. The Bertz CT molecular complexity index is 873. The van der Waals surface area contributed by atoms with Crippen LogP contribution in [-0.4, -0.2) is 52.8 Å². The molecule has 1 aromatic heterocycles. The van der Waals surface area contributed by atoms with Crippen molar-refractivity contribution in [3.8, 4) is 0 Å². The van der Waals surface area contributed by atoms with Gasteiger partial charge in [0.1, 0.15) is 5.56 Å². The third-order valence-corrected chi connectivity index (χ3v) is 4.90. The molecule has 0 aliphatic carbocycles. The molecule has 0 saturated carbocycles. The van der Waals surface area contributed by atoms with E-state index in [0.717, 1.165) is 0 Å². The van der Waals surface area contributed by atoms with Crippen LogP contribution in [0, 0.1) is 0 Å². The molecule has 1 aliphatic rings. The number of H-pyrrole nitrogens is 1. The highest BCUT2D eigenvalue weighted by atomic mass is 35.5. The highest BCUT2D eigenvalue weighted by molar-refractivity contribution is 6.43. The van der Waals surface area contributed by atoms with Crippen molar-refractivity contribution in [1.82, 2.24) is 14.8 Å². The zero-order chi connectivity index (χ0) is 18.0. The third-order valence-electron chi connectivity index (χ3n) is 4.08. The molecule has 1 fully saturated rings. The van der Waals surface area contributed by atoms with E-state index in [1.807, 2.05) is 0 Å². The molecule has 8 heteroatoms. The number of amides is 2. The molecule has 0 atom stereocenters. The average Bonchev–Trinajstić information content (AvgIpc) is 2.63. The van der Waals surface area contributed by atoms with Crippen LogP contribution < -0.4 is 5.56 Å². The number of nitrogens with zero attached hydrogens (tertiary/aromatic N) is 2. The van der Waals surface area contributed by atoms with Crippen LogP contribution in [-0.2, 0) is 0 Å². The summed E-state index contributed by atoms with van der Waals surface area (Å²) >= 11 is 12.1. The van der Waals surface area contributed by atoms with E-state index in [1.165, 1.54) is 12.3 Å². The number of aromatic amines is 1. The van der Waals surface area contributed by atoms with Gasteiger partial charge < -0.3 is 14.8 Å². The molecule has 1 aliphatic heterocycles. The number of carbonyl (C=O) groups is 2. The van der Waals surface area contributed by atoms with Gasteiger partial charge in [0, 0.05) is 32.4 Å². The van der Waals surface area contributed by atoms with Gasteiger partial charge >= 0.3 is 0 Å². The Balaban J connectivity index is 1.69. The van der Waals surface area contributed by atoms with E-state index in [9.17, 15) is 14.4 Å². The highest BCUT2D eigenvalue weighted by Crippen LogP contribution is 2.26. The van der Waals surface area contributed by atoms with E-state index < -0.39 is 5.56 Å². The smallest absolute Gasteiger partial charge is 0.260 e. The van der Waals surface area contributed by atoms with E-state index >= 15 is 0 Å². The van der Waals surface area contributed by atoms with Crippen LogP contribution in [0.25, 0.3) is 0 Å². The monoisotopic (exact) mass is 379 g/mol. The van der Waals surface area contributed by atoms with Gasteiger partial charge in [-0.25, -0.2) is 0 Å². The van der Waals surface area contributed by atoms with Crippen LogP contribution >= 0.6 is 23.2 Å². The van der Waals surface area contributed by atoms with Gasteiger partial charge in [-0.2, -0.15) is 0 Å². The van der Waals surface area contributed by atoms with Crippen molar-refractivity contribution in [3.05, 3.63) is 68.1 Å². The topological polar surface area (TPSA) is 73.5 Å². The molecule has 0 radical (unpaired) electrons. The largest absolute Gasteiger partial charge is 0.335 e. The molecule has 2 aromatic rings. The number of carbonyl (C=O) groups excluding carboxylic acids is 2. The predicted octanol–water partition coefficient (Wildman–Crippen LogP) is 2.28. The minimum atomic E-state index is -0.420. The van der Waals surface area contributed by atoms with Gasteiger partial charge in [0.15, 0.2) is 0 Å². The first-order valence-electron chi connectivity index (χ1n) is 7.69. The molecule has 2 heterocycles. The molecule has 0 bridgehead atoms. The molecule has 130 valence electrons. The van der Waals surface area contributed by atoms with Crippen molar-refractivity contribution in [2.45, 2.75) is 0 Å². The number of benzene rings is 1. The van der Waals surface area contributed by atoms with Crippen LogP contribution in [0.15, 0.2) is 41.3 Å². The maximum atomic E-state index is 12.6. The lowest BCUT2D eigenvalue weighted by molar-refractivity contribution is 0.0534. The number of piperazine rings is 1. The summed E-state index contributed by atoms with van der Waals surface area (Å²) in [7, 11) is 0. The molecule has 2 amide bonds. The first-order valence-corrected chi connectivity index (χ1v) is 8.45. The first kappa shape index (κ1) is 17.5. The van der Waals surface area contributed by atoms with Crippen LogP contribution in [0.1, 0.15) is 20.7 Å². The van der Waals surface area contributed by atoms with Gasteiger partial charge in [-0.05, 0) is 24.3 Å². The summed E-state index contributed by atoms with van der Waals surface area (Å²) in [5.41, 5.74) is 0.0188. The molecule has 0 unspecified atom stereocenters. The van der Waals surface area contributed by atoms with Crippen molar-refractivity contribution < 1.29 is 9.59 Å². The number of halogens is 2.